The second-order valence-corrected chi connectivity index (χ2v) is 11.2. The summed E-state index contributed by atoms with van der Waals surface area (Å²) in [6, 6.07) is 15.7. The zero-order valence-electron chi connectivity index (χ0n) is 21.3. The molecule has 37 heavy (non-hydrogen) atoms. The average Bonchev–Trinajstić information content (AvgIpc) is 2.87. The zero-order chi connectivity index (χ0) is 26.9. The summed E-state index contributed by atoms with van der Waals surface area (Å²) in [6.45, 7) is 11.6. The summed E-state index contributed by atoms with van der Waals surface area (Å²) in [4.78, 5) is 14.2. The van der Waals surface area contributed by atoms with E-state index in [0.29, 0.717) is 22.5 Å². The smallest absolute Gasteiger partial charge is 0.336 e. The maximum atomic E-state index is 12.3. The molecule has 0 saturated heterocycles. The molecule has 0 radical (unpaired) electrons. The second-order valence-electron chi connectivity index (χ2n) is 8.63. The summed E-state index contributed by atoms with van der Waals surface area (Å²) in [5.74, 6) is -0.646. The van der Waals surface area contributed by atoms with E-state index >= 15 is 0 Å². The van der Waals surface area contributed by atoms with E-state index in [1.54, 1.807) is 0 Å². The molecule has 194 valence electrons. The van der Waals surface area contributed by atoms with Crippen molar-refractivity contribution in [2.45, 2.75) is 32.6 Å². The molecule has 1 heterocycles. The molecule has 1 N–H and O–H groups in total. The third-order valence-electron chi connectivity index (χ3n) is 6.72. The molecule has 0 spiro atoms. The van der Waals surface area contributed by atoms with Crippen LogP contribution in [-0.4, -0.2) is 45.7 Å². The van der Waals surface area contributed by atoms with Gasteiger partial charge in [-0.15, -0.1) is 0 Å². The van der Waals surface area contributed by atoms with E-state index in [2.05, 4.69) is 37.2 Å². The lowest BCUT2D eigenvalue weighted by Gasteiger charge is -2.22. The fraction of sp³-hybridized carbons (Fsp3) is 0.286. The Bertz CT molecular complexity index is 1630. The number of carboxylic acid groups (broad SMARTS) is 1. The highest BCUT2D eigenvalue weighted by Gasteiger charge is 2.24. The Morgan fingerprint density at radius 1 is 0.946 bits per heavy atom. The minimum atomic E-state index is -4.11. The molecule has 0 atom stereocenters. The second kappa shape index (κ2) is 10.6. The third-order valence-corrected chi connectivity index (χ3v) is 8.07. The lowest BCUT2D eigenvalue weighted by molar-refractivity contribution is 0.0697. The molecule has 0 saturated carbocycles. The van der Waals surface area contributed by atoms with Gasteiger partial charge in [-0.2, -0.15) is 0 Å². The van der Waals surface area contributed by atoms with E-state index in [-0.39, 0.29) is 10.5 Å². The number of carboxylic acids is 1. The molecular formula is C28H30ClN2O5S+. The van der Waals surface area contributed by atoms with Gasteiger partial charge < -0.3 is 14.4 Å². The molecule has 0 aromatic heterocycles. The van der Waals surface area contributed by atoms with E-state index in [9.17, 15) is 18.3 Å². The van der Waals surface area contributed by atoms with Crippen LogP contribution in [0.4, 0.5) is 5.69 Å². The quantitative estimate of drug-likeness (QED) is 0.180. The molecule has 0 unspecified atom stereocenters. The first-order valence-electron chi connectivity index (χ1n) is 12.3. The summed E-state index contributed by atoms with van der Waals surface area (Å²) in [6.07, 6.45) is 0. The molecular weight excluding hydrogens is 512 g/mol. The number of benzene rings is 3. The number of halogens is 1. The van der Waals surface area contributed by atoms with Crippen molar-refractivity contribution in [2.75, 3.05) is 31.1 Å². The normalized spacial score (nSPS) is 11.7. The van der Waals surface area contributed by atoms with Crippen molar-refractivity contribution in [1.82, 2.24) is 4.58 Å². The fourth-order valence-electron chi connectivity index (χ4n) is 4.80. The number of nitrogens with zero attached hydrogens (tertiary/aromatic N) is 2. The van der Waals surface area contributed by atoms with Gasteiger partial charge in [0.05, 0.1) is 16.5 Å². The Kier molecular flexibility index (Phi) is 7.62. The van der Waals surface area contributed by atoms with Crippen molar-refractivity contribution >= 4 is 42.4 Å². The van der Waals surface area contributed by atoms with Gasteiger partial charge in [-0.05, 0) is 63.6 Å². The van der Waals surface area contributed by atoms with Crippen molar-refractivity contribution in [3.63, 3.8) is 0 Å². The molecule has 0 fully saturated rings. The van der Waals surface area contributed by atoms with Gasteiger partial charge in [0.15, 0.2) is 0 Å². The van der Waals surface area contributed by atoms with Crippen molar-refractivity contribution in [2.24, 2.45) is 0 Å². The van der Waals surface area contributed by atoms with Gasteiger partial charge in [0, 0.05) is 58.1 Å². The van der Waals surface area contributed by atoms with Crippen LogP contribution in [0.15, 0.2) is 63.9 Å². The van der Waals surface area contributed by atoms with E-state index in [0.717, 1.165) is 54.2 Å². The maximum Gasteiger partial charge on any atom is 0.336 e. The summed E-state index contributed by atoms with van der Waals surface area (Å²) in [5.41, 5.74) is 3.21. The van der Waals surface area contributed by atoms with Crippen LogP contribution in [0.1, 0.15) is 38.1 Å². The monoisotopic (exact) mass is 541 g/mol. The molecule has 0 bridgehead atoms. The Labute approximate surface area is 221 Å². The molecule has 9 heteroatoms. The van der Waals surface area contributed by atoms with E-state index in [1.807, 2.05) is 36.4 Å². The van der Waals surface area contributed by atoms with Crippen LogP contribution in [0, 0.1) is 0 Å². The van der Waals surface area contributed by atoms with Gasteiger partial charge in [0.2, 0.25) is 5.36 Å². The Hall–Kier alpha value is -3.36. The Morgan fingerprint density at radius 3 is 2.22 bits per heavy atom. The minimum absolute atomic E-state index is 0.156. The number of carbonyl (C=O) groups is 1. The van der Waals surface area contributed by atoms with Crippen molar-refractivity contribution < 1.29 is 22.7 Å². The van der Waals surface area contributed by atoms with E-state index in [1.165, 1.54) is 12.1 Å². The van der Waals surface area contributed by atoms with Gasteiger partial charge in [0.25, 0.3) is 9.05 Å². The SMILES string of the molecule is CCN(CC)c1ccc2c(-c3ccc(S(=O)(=O)Cl)cc3C(=O)O)c3ccc(=[N+](CC)CC)cc-3oc2c1. The number of hydrogen-bond donors (Lipinski definition) is 1. The molecule has 4 rings (SSSR count). The predicted octanol–water partition coefficient (Wildman–Crippen LogP) is 5.49. The van der Waals surface area contributed by atoms with Crippen LogP contribution < -0.4 is 14.8 Å². The van der Waals surface area contributed by atoms with Gasteiger partial charge >= 0.3 is 5.97 Å². The molecule has 2 aliphatic rings. The fourth-order valence-corrected chi connectivity index (χ4v) is 5.58. The van der Waals surface area contributed by atoms with Crippen LogP contribution in [0.2, 0.25) is 0 Å². The highest BCUT2D eigenvalue weighted by Crippen LogP contribution is 2.42. The topological polar surface area (TPSA) is 90.8 Å². The molecule has 2 aromatic carbocycles. The van der Waals surface area contributed by atoms with Gasteiger partial charge in [-0.3, -0.25) is 0 Å². The molecule has 7 nitrogen and oxygen atoms in total. The van der Waals surface area contributed by atoms with E-state index < -0.39 is 15.0 Å². The van der Waals surface area contributed by atoms with Gasteiger partial charge in [0.1, 0.15) is 24.4 Å². The standard InChI is InChI=1S/C28H29ClN2O5S/c1-5-30(6-2)18-9-12-22-25(15-18)36-26-16-19(31(7-3)8-4)10-13-23(26)27(22)21-14-11-20(37(29,34)35)17-24(21)28(32)33/h9-17H,5-8H2,1-4H3/p+1. The summed E-state index contributed by atoms with van der Waals surface area (Å²) >= 11 is 0. The lowest BCUT2D eigenvalue weighted by Crippen LogP contribution is -2.29. The summed E-state index contributed by atoms with van der Waals surface area (Å²) in [7, 11) is 1.42. The third kappa shape index (κ3) is 5.08. The highest BCUT2D eigenvalue weighted by atomic mass is 35.7. The number of fused-ring (bicyclic) bond motifs is 2. The van der Waals surface area contributed by atoms with E-state index in [4.69, 9.17) is 15.1 Å². The van der Waals surface area contributed by atoms with Gasteiger partial charge in [-0.1, -0.05) is 6.07 Å². The molecule has 1 aliphatic carbocycles. The predicted molar refractivity (Wildman–Crippen MR) is 148 cm³/mol. The first kappa shape index (κ1) is 26.7. The maximum absolute atomic E-state index is 12.3. The largest absolute Gasteiger partial charge is 0.478 e. The van der Waals surface area contributed by atoms with Crippen LogP contribution in [0.25, 0.3) is 33.4 Å². The first-order chi connectivity index (χ1) is 17.6. The van der Waals surface area contributed by atoms with Crippen LogP contribution in [0.5, 0.6) is 0 Å². The first-order valence-corrected chi connectivity index (χ1v) is 14.6. The van der Waals surface area contributed by atoms with Crippen molar-refractivity contribution in [1.29, 1.82) is 0 Å². The van der Waals surface area contributed by atoms with Gasteiger partial charge in [-0.25, -0.2) is 17.8 Å². The average molecular weight is 542 g/mol. The number of anilines is 1. The molecule has 1 aliphatic heterocycles. The molecule has 0 amide bonds. The van der Waals surface area contributed by atoms with Crippen molar-refractivity contribution in [3.05, 3.63) is 65.5 Å². The zero-order valence-corrected chi connectivity index (χ0v) is 22.9. The number of rotatable bonds is 8. The van der Waals surface area contributed by atoms with Crippen LogP contribution in [0.3, 0.4) is 0 Å². The minimum Gasteiger partial charge on any atom is -0.478 e. The number of hydrogen-bond acceptors (Lipinski definition) is 5. The summed E-state index contributed by atoms with van der Waals surface area (Å²) < 4.78 is 32.5. The Balaban J connectivity index is 2.15. The molecule has 2 aromatic rings. The Morgan fingerprint density at radius 2 is 1.62 bits per heavy atom. The highest BCUT2D eigenvalue weighted by molar-refractivity contribution is 8.13. The van der Waals surface area contributed by atoms with Crippen LogP contribution >= 0.6 is 10.7 Å². The van der Waals surface area contributed by atoms with Crippen molar-refractivity contribution in [3.8, 4) is 22.5 Å². The number of aromatic carboxylic acids is 1. The lowest BCUT2D eigenvalue weighted by atomic mass is 9.90. The van der Waals surface area contributed by atoms with Crippen LogP contribution in [-0.2, 0) is 9.05 Å². The summed E-state index contributed by atoms with van der Waals surface area (Å²) in [5, 5.41) is 11.8.